The molecule has 1 saturated heterocycles. The van der Waals surface area contributed by atoms with Crippen LogP contribution in [0.3, 0.4) is 0 Å². The van der Waals surface area contributed by atoms with Crippen molar-refractivity contribution in [1.82, 2.24) is 0 Å². The molecule has 0 N–H and O–H groups in total. The third-order valence-corrected chi connectivity index (χ3v) is 2.94. The van der Waals surface area contributed by atoms with Crippen LogP contribution in [-0.2, 0) is 9.53 Å². The van der Waals surface area contributed by atoms with Crippen molar-refractivity contribution in [1.29, 1.82) is 0 Å². The second-order valence-corrected chi connectivity index (χ2v) is 4.60. The first-order valence-corrected chi connectivity index (χ1v) is 5.68. The van der Waals surface area contributed by atoms with Gasteiger partial charge in [-0.15, -0.1) is 0 Å². The fourth-order valence-corrected chi connectivity index (χ4v) is 1.98. The van der Waals surface area contributed by atoms with Crippen molar-refractivity contribution in [3.63, 3.8) is 0 Å². The van der Waals surface area contributed by atoms with E-state index >= 15 is 0 Å². The van der Waals surface area contributed by atoms with Crippen LogP contribution in [0.25, 0.3) is 6.08 Å². The Balaban J connectivity index is 2.35. The molecule has 84 valence electrons. The van der Waals surface area contributed by atoms with E-state index in [9.17, 15) is 4.79 Å². The molecule has 2 rings (SSSR count). The van der Waals surface area contributed by atoms with Crippen LogP contribution in [0, 0.1) is 0 Å². The van der Waals surface area contributed by atoms with Gasteiger partial charge in [0, 0.05) is 22.0 Å². The number of esters is 1. The Morgan fingerprint density at radius 3 is 2.81 bits per heavy atom. The van der Waals surface area contributed by atoms with Gasteiger partial charge in [0.15, 0.2) is 0 Å². The average molecular weight is 257 g/mol. The lowest BCUT2D eigenvalue weighted by Crippen LogP contribution is -1.99. The minimum atomic E-state index is -0.274. The molecule has 1 aromatic carbocycles. The SMILES string of the molecule is CC1CC(=Cc2cc(Cl)ccc2Cl)C(=O)O1. The number of carbonyl (C=O) groups excluding carboxylic acids is 1. The van der Waals surface area contributed by atoms with E-state index in [1.54, 1.807) is 24.3 Å². The summed E-state index contributed by atoms with van der Waals surface area (Å²) in [5, 5.41) is 1.17. The molecule has 1 aliphatic heterocycles. The number of hydrogen-bond donors (Lipinski definition) is 0. The Morgan fingerprint density at radius 2 is 2.19 bits per heavy atom. The van der Waals surface area contributed by atoms with Gasteiger partial charge in [-0.05, 0) is 36.8 Å². The zero-order valence-electron chi connectivity index (χ0n) is 8.67. The Morgan fingerprint density at radius 1 is 1.44 bits per heavy atom. The molecule has 1 atom stereocenters. The number of carbonyl (C=O) groups is 1. The van der Waals surface area contributed by atoms with E-state index in [0.29, 0.717) is 22.0 Å². The maximum absolute atomic E-state index is 11.4. The van der Waals surface area contributed by atoms with Crippen LogP contribution in [0.4, 0.5) is 0 Å². The van der Waals surface area contributed by atoms with E-state index in [0.717, 1.165) is 5.56 Å². The van der Waals surface area contributed by atoms with Crippen LogP contribution >= 0.6 is 23.2 Å². The van der Waals surface area contributed by atoms with Crippen LogP contribution in [-0.4, -0.2) is 12.1 Å². The number of hydrogen-bond acceptors (Lipinski definition) is 2. The Kier molecular flexibility index (Phi) is 3.22. The zero-order valence-corrected chi connectivity index (χ0v) is 10.2. The predicted octanol–water partition coefficient (Wildman–Crippen LogP) is 3.71. The van der Waals surface area contributed by atoms with E-state index in [-0.39, 0.29) is 12.1 Å². The van der Waals surface area contributed by atoms with Crippen molar-refractivity contribution in [2.75, 3.05) is 0 Å². The Bertz CT molecular complexity index is 466. The molecule has 1 aliphatic rings. The minimum Gasteiger partial charge on any atom is -0.459 e. The molecule has 1 fully saturated rings. The fourth-order valence-electron chi connectivity index (χ4n) is 1.62. The van der Waals surface area contributed by atoms with E-state index < -0.39 is 0 Å². The molecule has 16 heavy (non-hydrogen) atoms. The van der Waals surface area contributed by atoms with Crippen molar-refractivity contribution in [3.05, 3.63) is 39.4 Å². The lowest BCUT2D eigenvalue weighted by atomic mass is 10.1. The molecule has 0 amide bonds. The highest BCUT2D eigenvalue weighted by atomic mass is 35.5. The third kappa shape index (κ3) is 2.39. The van der Waals surface area contributed by atoms with Gasteiger partial charge < -0.3 is 4.74 Å². The molecule has 1 aromatic rings. The topological polar surface area (TPSA) is 26.3 Å². The molecule has 0 radical (unpaired) electrons. The third-order valence-electron chi connectivity index (χ3n) is 2.37. The highest BCUT2D eigenvalue weighted by Crippen LogP contribution is 2.27. The van der Waals surface area contributed by atoms with Gasteiger partial charge in [-0.25, -0.2) is 4.79 Å². The Labute approximate surface area is 104 Å². The predicted molar refractivity (Wildman–Crippen MR) is 64.6 cm³/mol. The summed E-state index contributed by atoms with van der Waals surface area (Å²) >= 11 is 11.9. The number of rotatable bonds is 1. The number of cyclic esters (lactones) is 1. The standard InChI is InChI=1S/C12H10Cl2O2/c1-7-4-9(12(15)16-7)5-8-6-10(13)2-3-11(8)14/h2-3,5-7H,4H2,1H3. The normalized spacial score (nSPS) is 22.6. The van der Waals surface area contributed by atoms with E-state index in [1.807, 2.05) is 6.92 Å². The van der Waals surface area contributed by atoms with Gasteiger partial charge >= 0.3 is 5.97 Å². The highest BCUT2D eigenvalue weighted by molar-refractivity contribution is 6.34. The van der Waals surface area contributed by atoms with Crippen LogP contribution < -0.4 is 0 Å². The lowest BCUT2D eigenvalue weighted by Gasteiger charge is -1.99. The largest absolute Gasteiger partial charge is 0.459 e. The van der Waals surface area contributed by atoms with Gasteiger partial charge in [-0.1, -0.05) is 23.2 Å². The fraction of sp³-hybridized carbons (Fsp3) is 0.250. The smallest absolute Gasteiger partial charge is 0.334 e. The van der Waals surface area contributed by atoms with Crippen molar-refractivity contribution in [2.45, 2.75) is 19.4 Å². The molecule has 0 aliphatic carbocycles. The van der Waals surface area contributed by atoms with Crippen LogP contribution in [0.5, 0.6) is 0 Å². The van der Waals surface area contributed by atoms with Gasteiger partial charge in [0.1, 0.15) is 6.10 Å². The van der Waals surface area contributed by atoms with E-state index in [4.69, 9.17) is 27.9 Å². The molecule has 0 saturated carbocycles. The van der Waals surface area contributed by atoms with Gasteiger partial charge in [0.2, 0.25) is 0 Å². The van der Waals surface area contributed by atoms with Crippen molar-refractivity contribution >= 4 is 35.2 Å². The number of halogens is 2. The summed E-state index contributed by atoms with van der Waals surface area (Å²) in [7, 11) is 0. The maximum Gasteiger partial charge on any atom is 0.334 e. The minimum absolute atomic E-state index is 0.0586. The Hall–Kier alpha value is -0.990. The van der Waals surface area contributed by atoms with Crippen LogP contribution in [0.15, 0.2) is 23.8 Å². The number of benzene rings is 1. The maximum atomic E-state index is 11.4. The molecule has 2 nitrogen and oxygen atoms in total. The summed E-state index contributed by atoms with van der Waals surface area (Å²) in [5.74, 6) is -0.274. The van der Waals surface area contributed by atoms with Crippen molar-refractivity contribution in [3.8, 4) is 0 Å². The molecule has 4 heteroatoms. The van der Waals surface area contributed by atoms with Crippen molar-refractivity contribution in [2.24, 2.45) is 0 Å². The molecule has 0 aromatic heterocycles. The molecule has 1 heterocycles. The summed E-state index contributed by atoms with van der Waals surface area (Å²) in [6.45, 7) is 1.86. The first kappa shape index (κ1) is 11.5. The van der Waals surface area contributed by atoms with E-state index in [1.165, 1.54) is 0 Å². The second kappa shape index (κ2) is 4.48. The lowest BCUT2D eigenvalue weighted by molar-refractivity contribution is -0.138. The van der Waals surface area contributed by atoms with Gasteiger partial charge in [0.05, 0.1) is 0 Å². The molecule has 0 bridgehead atoms. The summed E-state index contributed by atoms with van der Waals surface area (Å²) in [6, 6.07) is 5.15. The average Bonchev–Trinajstić information content (AvgIpc) is 2.51. The molecule has 0 spiro atoms. The van der Waals surface area contributed by atoms with Crippen molar-refractivity contribution < 1.29 is 9.53 Å². The highest BCUT2D eigenvalue weighted by Gasteiger charge is 2.25. The molecular formula is C12H10Cl2O2. The van der Waals surface area contributed by atoms with E-state index in [2.05, 4.69) is 0 Å². The van der Waals surface area contributed by atoms with Crippen LogP contribution in [0.2, 0.25) is 10.0 Å². The molecular weight excluding hydrogens is 247 g/mol. The summed E-state index contributed by atoms with van der Waals surface area (Å²) in [4.78, 5) is 11.4. The monoisotopic (exact) mass is 256 g/mol. The molecule has 1 unspecified atom stereocenters. The van der Waals surface area contributed by atoms with Gasteiger partial charge in [0.25, 0.3) is 0 Å². The first-order valence-electron chi connectivity index (χ1n) is 4.93. The van der Waals surface area contributed by atoms with Gasteiger partial charge in [-0.3, -0.25) is 0 Å². The quantitative estimate of drug-likeness (QED) is 0.566. The summed E-state index contributed by atoms with van der Waals surface area (Å²) in [5.41, 5.74) is 1.38. The summed E-state index contributed by atoms with van der Waals surface area (Å²) in [6.07, 6.45) is 2.29. The first-order chi connectivity index (χ1) is 7.56. The zero-order chi connectivity index (χ0) is 11.7. The number of ether oxygens (including phenoxy) is 1. The summed E-state index contributed by atoms with van der Waals surface area (Å²) < 4.78 is 5.03. The second-order valence-electron chi connectivity index (χ2n) is 3.76. The van der Waals surface area contributed by atoms with Crippen LogP contribution in [0.1, 0.15) is 18.9 Å². The van der Waals surface area contributed by atoms with Gasteiger partial charge in [-0.2, -0.15) is 0 Å².